The molecule has 0 spiro atoms. The summed E-state index contributed by atoms with van der Waals surface area (Å²) in [6.07, 6.45) is 2.42. The monoisotopic (exact) mass is 460 g/mol. The van der Waals surface area contributed by atoms with Crippen molar-refractivity contribution >= 4 is 21.6 Å². The molecule has 0 bridgehead atoms. The number of rotatable bonds is 9. The Labute approximate surface area is 188 Å². The summed E-state index contributed by atoms with van der Waals surface area (Å²) in [6, 6.07) is 11.4. The molecular weight excluding hydrogens is 432 g/mol. The number of carbonyl (C=O) groups excluding carboxylic acids is 1. The second kappa shape index (κ2) is 9.89. The molecule has 1 amide bonds. The summed E-state index contributed by atoms with van der Waals surface area (Å²) in [5, 5.41) is 2.79. The van der Waals surface area contributed by atoms with Gasteiger partial charge in [-0.15, -0.1) is 0 Å². The minimum Gasteiger partial charge on any atom is -0.493 e. The minimum absolute atomic E-state index is 0.0991. The van der Waals surface area contributed by atoms with Crippen LogP contribution in [-0.2, 0) is 14.8 Å². The molecule has 9 heteroatoms. The lowest BCUT2D eigenvalue weighted by Gasteiger charge is -2.26. The molecule has 1 heterocycles. The predicted molar refractivity (Wildman–Crippen MR) is 120 cm³/mol. The van der Waals surface area contributed by atoms with Crippen molar-refractivity contribution in [2.75, 3.05) is 44.8 Å². The van der Waals surface area contributed by atoms with Crippen molar-refractivity contribution in [3.63, 3.8) is 0 Å². The van der Waals surface area contributed by atoms with Crippen LogP contribution in [0.5, 0.6) is 11.5 Å². The van der Waals surface area contributed by atoms with Gasteiger partial charge in [0.1, 0.15) is 11.5 Å². The Morgan fingerprint density at radius 2 is 1.81 bits per heavy atom. The van der Waals surface area contributed by atoms with E-state index in [1.54, 1.807) is 30.3 Å². The van der Waals surface area contributed by atoms with Crippen molar-refractivity contribution in [1.82, 2.24) is 4.31 Å². The van der Waals surface area contributed by atoms with Gasteiger partial charge in [0.2, 0.25) is 10.0 Å². The molecule has 2 fully saturated rings. The van der Waals surface area contributed by atoms with E-state index >= 15 is 0 Å². The minimum atomic E-state index is -3.70. The largest absolute Gasteiger partial charge is 0.493 e. The maximum atomic E-state index is 13.0. The number of anilines is 1. The summed E-state index contributed by atoms with van der Waals surface area (Å²) in [5.41, 5.74) is 0.743. The molecule has 0 aromatic heterocycles. The Hall–Kier alpha value is -2.62. The molecule has 2 aliphatic rings. The molecule has 2 aromatic carbocycles. The van der Waals surface area contributed by atoms with Crippen LogP contribution in [0.1, 0.15) is 30.1 Å². The Morgan fingerprint density at radius 1 is 1.09 bits per heavy atom. The van der Waals surface area contributed by atoms with Gasteiger partial charge in [0.15, 0.2) is 0 Å². The van der Waals surface area contributed by atoms with Crippen molar-refractivity contribution in [3.8, 4) is 11.5 Å². The van der Waals surface area contributed by atoms with Gasteiger partial charge in [0, 0.05) is 18.7 Å². The van der Waals surface area contributed by atoms with E-state index in [2.05, 4.69) is 5.32 Å². The standard InChI is InChI=1S/C23H28N2O6S/c1-2-30-22-10-9-20(32(27,28)25-11-13-29-14-12-25)15-21(22)24-23(26)18-5-7-19(8-6-18)31-16-17-3-4-17/h5-10,15,17H,2-4,11-14,16H2,1H3,(H,24,26). The van der Waals surface area contributed by atoms with Crippen LogP contribution >= 0.6 is 0 Å². The maximum Gasteiger partial charge on any atom is 0.255 e. The third-order valence-electron chi connectivity index (χ3n) is 5.41. The normalized spacial score (nSPS) is 17.0. The highest BCUT2D eigenvalue weighted by atomic mass is 32.2. The number of amides is 1. The molecule has 1 saturated carbocycles. The first-order chi connectivity index (χ1) is 15.5. The van der Waals surface area contributed by atoms with Gasteiger partial charge in [-0.05, 0) is 68.1 Å². The number of morpholine rings is 1. The van der Waals surface area contributed by atoms with E-state index in [-0.39, 0.29) is 10.8 Å². The first-order valence-corrected chi connectivity index (χ1v) is 12.3. The van der Waals surface area contributed by atoms with Crippen LogP contribution < -0.4 is 14.8 Å². The van der Waals surface area contributed by atoms with Gasteiger partial charge in [-0.1, -0.05) is 0 Å². The van der Waals surface area contributed by atoms with E-state index in [1.165, 1.54) is 29.3 Å². The lowest BCUT2D eigenvalue weighted by Crippen LogP contribution is -2.40. The van der Waals surface area contributed by atoms with Gasteiger partial charge in [0.25, 0.3) is 5.91 Å². The number of sulfonamides is 1. The van der Waals surface area contributed by atoms with E-state index in [0.717, 1.165) is 5.75 Å². The van der Waals surface area contributed by atoms with E-state index in [9.17, 15) is 13.2 Å². The zero-order valence-corrected chi connectivity index (χ0v) is 18.9. The highest BCUT2D eigenvalue weighted by Crippen LogP contribution is 2.31. The number of hydrogen-bond acceptors (Lipinski definition) is 6. The molecule has 0 atom stereocenters. The molecule has 32 heavy (non-hydrogen) atoms. The Morgan fingerprint density at radius 3 is 2.47 bits per heavy atom. The first-order valence-electron chi connectivity index (χ1n) is 10.9. The zero-order chi connectivity index (χ0) is 22.6. The molecule has 1 aliphatic heterocycles. The van der Waals surface area contributed by atoms with Crippen LogP contribution in [0.2, 0.25) is 0 Å². The van der Waals surface area contributed by atoms with Crippen molar-refractivity contribution in [1.29, 1.82) is 0 Å². The van der Waals surface area contributed by atoms with Gasteiger partial charge in [0.05, 0.1) is 37.0 Å². The van der Waals surface area contributed by atoms with Crippen LogP contribution in [0.25, 0.3) is 0 Å². The fourth-order valence-electron chi connectivity index (χ4n) is 3.38. The van der Waals surface area contributed by atoms with E-state index < -0.39 is 10.0 Å². The number of ether oxygens (including phenoxy) is 3. The van der Waals surface area contributed by atoms with Crippen molar-refractivity contribution in [3.05, 3.63) is 48.0 Å². The van der Waals surface area contributed by atoms with E-state index in [0.29, 0.717) is 62.4 Å². The van der Waals surface area contributed by atoms with Gasteiger partial charge in [-0.2, -0.15) is 4.31 Å². The lowest BCUT2D eigenvalue weighted by molar-refractivity contribution is 0.0730. The fraction of sp³-hybridized carbons (Fsp3) is 0.435. The highest BCUT2D eigenvalue weighted by Gasteiger charge is 2.27. The third kappa shape index (κ3) is 5.40. The lowest BCUT2D eigenvalue weighted by atomic mass is 10.2. The summed E-state index contributed by atoms with van der Waals surface area (Å²) < 4.78 is 44.0. The number of benzene rings is 2. The maximum absolute atomic E-state index is 13.0. The SMILES string of the molecule is CCOc1ccc(S(=O)(=O)N2CCOCC2)cc1NC(=O)c1ccc(OCC2CC2)cc1. The summed E-state index contributed by atoms with van der Waals surface area (Å²) >= 11 is 0. The van der Waals surface area contributed by atoms with Gasteiger partial charge >= 0.3 is 0 Å². The summed E-state index contributed by atoms with van der Waals surface area (Å²) in [7, 11) is -3.70. The second-order valence-corrected chi connectivity index (χ2v) is 9.78. The van der Waals surface area contributed by atoms with Crippen LogP contribution in [0, 0.1) is 5.92 Å². The molecule has 1 saturated heterocycles. The van der Waals surface area contributed by atoms with Gasteiger partial charge in [-0.3, -0.25) is 4.79 Å². The summed E-state index contributed by atoms with van der Waals surface area (Å²) in [4.78, 5) is 12.9. The van der Waals surface area contributed by atoms with Crippen molar-refractivity contribution < 1.29 is 27.4 Å². The Bertz CT molecular complexity index is 1040. The Kier molecular flexibility index (Phi) is 6.98. The van der Waals surface area contributed by atoms with Gasteiger partial charge < -0.3 is 19.5 Å². The summed E-state index contributed by atoms with van der Waals surface area (Å²) in [5.74, 6) is 1.42. The molecule has 0 unspecified atom stereocenters. The van der Waals surface area contributed by atoms with Crippen molar-refractivity contribution in [2.45, 2.75) is 24.7 Å². The third-order valence-corrected chi connectivity index (χ3v) is 7.30. The Balaban J connectivity index is 1.51. The number of hydrogen-bond donors (Lipinski definition) is 1. The topological polar surface area (TPSA) is 94.2 Å². The molecule has 172 valence electrons. The average Bonchev–Trinajstić information content (AvgIpc) is 3.64. The summed E-state index contributed by atoms with van der Waals surface area (Å²) in [6.45, 7) is 4.22. The molecule has 1 aliphatic carbocycles. The van der Waals surface area contributed by atoms with E-state index in [4.69, 9.17) is 14.2 Å². The zero-order valence-electron chi connectivity index (χ0n) is 18.1. The number of carbonyl (C=O) groups is 1. The van der Waals surface area contributed by atoms with Crippen LogP contribution in [-0.4, -0.2) is 58.1 Å². The molecule has 0 radical (unpaired) electrons. The predicted octanol–water partition coefficient (Wildman–Crippen LogP) is 3.15. The molecule has 8 nitrogen and oxygen atoms in total. The fourth-order valence-corrected chi connectivity index (χ4v) is 4.81. The second-order valence-electron chi connectivity index (χ2n) is 7.84. The smallest absolute Gasteiger partial charge is 0.255 e. The molecule has 2 aromatic rings. The number of nitrogens with zero attached hydrogens (tertiary/aromatic N) is 1. The highest BCUT2D eigenvalue weighted by molar-refractivity contribution is 7.89. The molecule has 1 N–H and O–H groups in total. The van der Waals surface area contributed by atoms with Crippen LogP contribution in [0.15, 0.2) is 47.4 Å². The van der Waals surface area contributed by atoms with Crippen molar-refractivity contribution in [2.24, 2.45) is 5.92 Å². The quantitative estimate of drug-likeness (QED) is 0.618. The van der Waals surface area contributed by atoms with Gasteiger partial charge in [-0.25, -0.2) is 8.42 Å². The first kappa shape index (κ1) is 22.6. The van der Waals surface area contributed by atoms with Crippen LogP contribution in [0.4, 0.5) is 5.69 Å². The van der Waals surface area contributed by atoms with Crippen LogP contribution in [0.3, 0.4) is 0 Å². The average molecular weight is 461 g/mol. The van der Waals surface area contributed by atoms with E-state index in [1.807, 2.05) is 6.92 Å². The molecular formula is C23H28N2O6S. The number of nitrogens with one attached hydrogen (secondary N) is 1. The molecule has 4 rings (SSSR count).